The standard InChI is InChI=1S/C13H24O.C3H4N2/c1-2-5-9-12(8-4-1)13-10-6-3-7-11-14-13;1-2-5-3-4-1/h12-13H,1-11H2;1-3H,(H,4,5). The van der Waals surface area contributed by atoms with E-state index in [1.807, 2.05) is 0 Å². The number of ether oxygens (including phenoxy) is 1. The van der Waals surface area contributed by atoms with Crippen LogP contribution in [-0.4, -0.2) is 22.7 Å². The normalized spacial score (nSPS) is 25.8. The molecule has 1 atom stereocenters. The molecule has 0 radical (unpaired) electrons. The van der Waals surface area contributed by atoms with Gasteiger partial charge in [0.25, 0.3) is 0 Å². The van der Waals surface area contributed by atoms with Crippen molar-refractivity contribution < 1.29 is 4.74 Å². The molecule has 3 rings (SSSR count). The van der Waals surface area contributed by atoms with Crippen LogP contribution in [0.2, 0.25) is 0 Å². The first-order valence-corrected chi connectivity index (χ1v) is 8.01. The van der Waals surface area contributed by atoms with Crippen molar-refractivity contribution in [1.82, 2.24) is 9.97 Å². The first-order valence-electron chi connectivity index (χ1n) is 8.01. The number of imidazole rings is 1. The molecule has 1 aromatic heterocycles. The highest BCUT2D eigenvalue weighted by Gasteiger charge is 2.24. The summed E-state index contributed by atoms with van der Waals surface area (Å²) in [5.74, 6) is 0.899. The molecular formula is C16H28N2O. The summed E-state index contributed by atoms with van der Waals surface area (Å²) in [4.78, 5) is 6.42. The molecule has 2 aliphatic rings. The molecule has 19 heavy (non-hydrogen) atoms. The van der Waals surface area contributed by atoms with Gasteiger partial charge in [-0.15, -0.1) is 0 Å². The largest absolute Gasteiger partial charge is 0.378 e. The van der Waals surface area contributed by atoms with E-state index in [1.54, 1.807) is 18.7 Å². The van der Waals surface area contributed by atoms with Crippen LogP contribution in [0.5, 0.6) is 0 Å². The Bertz CT molecular complexity index is 248. The number of nitrogens with zero attached hydrogens (tertiary/aromatic N) is 1. The average molecular weight is 264 g/mol. The Kier molecular flexibility index (Phi) is 7.01. The fraction of sp³-hybridized carbons (Fsp3) is 0.812. The molecule has 0 amide bonds. The second kappa shape index (κ2) is 9.13. The molecule has 1 aliphatic carbocycles. The van der Waals surface area contributed by atoms with Crippen molar-refractivity contribution in [2.24, 2.45) is 5.92 Å². The van der Waals surface area contributed by atoms with E-state index in [0.717, 1.165) is 12.5 Å². The van der Waals surface area contributed by atoms with Gasteiger partial charge in [-0.3, -0.25) is 0 Å². The van der Waals surface area contributed by atoms with Gasteiger partial charge in [0.2, 0.25) is 0 Å². The SMILES string of the molecule is C1CCCC(C2CCCCCO2)CC1.c1c[nH]cn1. The third-order valence-electron chi connectivity index (χ3n) is 4.30. The van der Waals surface area contributed by atoms with E-state index >= 15 is 0 Å². The molecule has 108 valence electrons. The molecule has 0 spiro atoms. The zero-order chi connectivity index (χ0) is 13.2. The van der Waals surface area contributed by atoms with Gasteiger partial charge >= 0.3 is 0 Å². The zero-order valence-electron chi connectivity index (χ0n) is 12.0. The maximum absolute atomic E-state index is 6.00. The van der Waals surface area contributed by atoms with Gasteiger partial charge in [0, 0.05) is 19.0 Å². The topological polar surface area (TPSA) is 37.9 Å². The molecule has 2 fully saturated rings. The minimum absolute atomic E-state index is 0.621. The highest BCUT2D eigenvalue weighted by Crippen LogP contribution is 2.30. The van der Waals surface area contributed by atoms with Crippen molar-refractivity contribution in [2.75, 3.05) is 6.61 Å². The van der Waals surface area contributed by atoms with Crippen molar-refractivity contribution in [3.8, 4) is 0 Å². The molecule has 2 heterocycles. The molecular weight excluding hydrogens is 236 g/mol. The summed E-state index contributed by atoms with van der Waals surface area (Å²) in [6.45, 7) is 1.03. The maximum Gasteiger partial charge on any atom is 0.0919 e. The van der Waals surface area contributed by atoms with Crippen LogP contribution in [0, 0.1) is 5.92 Å². The molecule has 3 heteroatoms. The van der Waals surface area contributed by atoms with Crippen molar-refractivity contribution in [1.29, 1.82) is 0 Å². The monoisotopic (exact) mass is 264 g/mol. The minimum Gasteiger partial charge on any atom is -0.378 e. The van der Waals surface area contributed by atoms with Gasteiger partial charge in [-0.25, -0.2) is 4.98 Å². The van der Waals surface area contributed by atoms with Crippen molar-refractivity contribution in [3.05, 3.63) is 18.7 Å². The number of hydrogen-bond donors (Lipinski definition) is 1. The molecule has 3 nitrogen and oxygen atoms in total. The summed E-state index contributed by atoms with van der Waals surface area (Å²) in [7, 11) is 0. The van der Waals surface area contributed by atoms with Crippen LogP contribution in [0.3, 0.4) is 0 Å². The van der Waals surface area contributed by atoms with Crippen LogP contribution >= 0.6 is 0 Å². The van der Waals surface area contributed by atoms with Gasteiger partial charge in [0.05, 0.1) is 12.4 Å². The van der Waals surface area contributed by atoms with Crippen LogP contribution in [0.1, 0.15) is 64.2 Å². The van der Waals surface area contributed by atoms with E-state index in [0.29, 0.717) is 6.10 Å². The van der Waals surface area contributed by atoms with Gasteiger partial charge in [-0.1, -0.05) is 38.5 Å². The Balaban J connectivity index is 0.000000224. The van der Waals surface area contributed by atoms with Crippen LogP contribution in [0.4, 0.5) is 0 Å². The average Bonchev–Trinajstić information content (AvgIpc) is 2.76. The van der Waals surface area contributed by atoms with Crippen molar-refractivity contribution >= 4 is 0 Å². The Morgan fingerprint density at radius 1 is 0.895 bits per heavy atom. The number of H-pyrrole nitrogens is 1. The summed E-state index contributed by atoms with van der Waals surface area (Å²) >= 11 is 0. The summed E-state index contributed by atoms with van der Waals surface area (Å²) < 4.78 is 6.00. The molecule has 0 bridgehead atoms. The fourth-order valence-corrected chi connectivity index (χ4v) is 3.21. The first-order chi connectivity index (χ1) is 9.47. The molecule has 1 unspecified atom stereocenters. The summed E-state index contributed by atoms with van der Waals surface area (Å²) in [6, 6.07) is 0. The maximum atomic E-state index is 6.00. The van der Waals surface area contributed by atoms with Gasteiger partial charge in [-0.05, 0) is 31.6 Å². The van der Waals surface area contributed by atoms with Gasteiger partial charge in [0.1, 0.15) is 0 Å². The zero-order valence-corrected chi connectivity index (χ0v) is 12.0. The molecule has 0 aromatic carbocycles. The molecule has 1 saturated heterocycles. The van der Waals surface area contributed by atoms with E-state index in [2.05, 4.69) is 9.97 Å². The molecule has 1 aromatic rings. The van der Waals surface area contributed by atoms with E-state index in [4.69, 9.17) is 4.74 Å². The summed E-state index contributed by atoms with van der Waals surface area (Å²) in [5, 5.41) is 0. The Hall–Kier alpha value is -0.830. The van der Waals surface area contributed by atoms with Gasteiger partial charge in [0.15, 0.2) is 0 Å². The minimum atomic E-state index is 0.621. The lowest BCUT2D eigenvalue weighted by atomic mass is 9.91. The van der Waals surface area contributed by atoms with Gasteiger partial charge < -0.3 is 9.72 Å². The Morgan fingerprint density at radius 2 is 1.63 bits per heavy atom. The lowest BCUT2D eigenvalue weighted by Crippen LogP contribution is -2.23. The van der Waals surface area contributed by atoms with Crippen molar-refractivity contribution in [3.63, 3.8) is 0 Å². The fourth-order valence-electron chi connectivity index (χ4n) is 3.21. The second-order valence-electron chi connectivity index (χ2n) is 5.77. The highest BCUT2D eigenvalue weighted by molar-refractivity contribution is 4.75. The van der Waals surface area contributed by atoms with Crippen LogP contribution in [0.15, 0.2) is 18.7 Å². The number of rotatable bonds is 1. The van der Waals surface area contributed by atoms with E-state index in [-0.39, 0.29) is 0 Å². The number of nitrogens with one attached hydrogen (secondary N) is 1. The third kappa shape index (κ3) is 5.77. The van der Waals surface area contributed by atoms with Crippen LogP contribution in [0.25, 0.3) is 0 Å². The first kappa shape index (κ1) is 14.6. The Morgan fingerprint density at radius 3 is 2.26 bits per heavy atom. The van der Waals surface area contributed by atoms with E-state index < -0.39 is 0 Å². The smallest absolute Gasteiger partial charge is 0.0919 e. The quantitative estimate of drug-likeness (QED) is 0.767. The highest BCUT2D eigenvalue weighted by atomic mass is 16.5. The van der Waals surface area contributed by atoms with E-state index in [1.165, 1.54) is 64.2 Å². The number of aromatic amines is 1. The molecule has 1 N–H and O–H groups in total. The summed E-state index contributed by atoms with van der Waals surface area (Å²) in [6.07, 6.45) is 19.8. The van der Waals surface area contributed by atoms with Crippen LogP contribution < -0.4 is 0 Å². The number of hydrogen-bond acceptors (Lipinski definition) is 2. The predicted octanol–water partition coefficient (Wildman–Crippen LogP) is 4.33. The third-order valence-corrected chi connectivity index (χ3v) is 4.30. The van der Waals surface area contributed by atoms with E-state index in [9.17, 15) is 0 Å². The lowest BCUT2D eigenvalue weighted by Gasteiger charge is -2.24. The second-order valence-corrected chi connectivity index (χ2v) is 5.77. The van der Waals surface area contributed by atoms with Crippen LogP contribution in [-0.2, 0) is 4.74 Å². The lowest BCUT2D eigenvalue weighted by molar-refractivity contribution is 0.0116. The molecule has 1 aliphatic heterocycles. The van der Waals surface area contributed by atoms with Crippen molar-refractivity contribution in [2.45, 2.75) is 70.3 Å². The number of aromatic nitrogens is 2. The predicted molar refractivity (Wildman–Crippen MR) is 78.0 cm³/mol. The Labute approximate surface area is 117 Å². The molecule has 1 saturated carbocycles. The van der Waals surface area contributed by atoms with Gasteiger partial charge in [-0.2, -0.15) is 0 Å². The summed E-state index contributed by atoms with van der Waals surface area (Å²) in [5.41, 5.74) is 0.